The van der Waals surface area contributed by atoms with E-state index in [4.69, 9.17) is 9.47 Å². The highest BCUT2D eigenvalue weighted by Crippen LogP contribution is 2.31. The van der Waals surface area contributed by atoms with Crippen LogP contribution in [0.2, 0.25) is 0 Å². The minimum absolute atomic E-state index is 0.608. The number of piperidine rings is 1. The largest absolute Gasteiger partial charge is 0.493 e. The van der Waals surface area contributed by atoms with Crippen molar-refractivity contribution >= 4 is 11.6 Å². The second-order valence-electron chi connectivity index (χ2n) is 5.82. The first kappa shape index (κ1) is 16.4. The van der Waals surface area contributed by atoms with Crippen LogP contribution in [0.3, 0.4) is 0 Å². The van der Waals surface area contributed by atoms with E-state index in [1.165, 1.54) is 19.3 Å². The Morgan fingerprint density at radius 2 is 1.92 bits per heavy atom. The highest BCUT2D eigenvalue weighted by Gasteiger charge is 2.13. The standard InChI is InChI=1S/C18H24N4O2/c1-23-15-8-6-7-14(18(15)24-2)12-19-16-11-17(21-13-20-16)22-9-4-3-5-10-22/h6-8,11,13H,3-5,9-10,12H2,1-2H3,(H,19,20,21). The third kappa shape index (κ3) is 3.69. The maximum absolute atomic E-state index is 5.47. The monoisotopic (exact) mass is 328 g/mol. The van der Waals surface area contributed by atoms with Crippen LogP contribution in [0.1, 0.15) is 24.8 Å². The minimum atomic E-state index is 0.608. The molecule has 1 fully saturated rings. The van der Waals surface area contributed by atoms with Gasteiger partial charge in [-0.2, -0.15) is 0 Å². The first-order valence-corrected chi connectivity index (χ1v) is 8.32. The molecule has 1 aliphatic rings. The zero-order valence-corrected chi connectivity index (χ0v) is 14.3. The molecule has 1 N–H and O–H groups in total. The summed E-state index contributed by atoms with van der Waals surface area (Å²) < 4.78 is 10.8. The summed E-state index contributed by atoms with van der Waals surface area (Å²) in [6.07, 6.45) is 5.39. The van der Waals surface area contributed by atoms with Gasteiger partial charge in [-0.15, -0.1) is 0 Å². The molecule has 128 valence electrons. The zero-order chi connectivity index (χ0) is 16.8. The lowest BCUT2D eigenvalue weighted by atomic mass is 10.1. The second-order valence-corrected chi connectivity index (χ2v) is 5.82. The Bertz CT molecular complexity index is 672. The van der Waals surface area contributed by atoms with Crippen molar-refractivity contribution in [3.8, 4) is 11.5 Å². The third-order valence-electron chi connectivity index (χ3n) is 4.28. The molecule has 0 bridgehead atoms. The van der Waals surface area contributed by atoms with E-state index in [1.807, 2.05) is 24.3 Å². The lowest BCUT2D eigenvalue weighted by Gasteiger charge is -2.27. The van der Waals surface area contributed by atoms with E-state index in [0.717, 1.165) is 41.8 Å². The molecular weight excluding hydrogens is 304 g/mol. The van der Waals surface area contributed by atoms with E-state index >= 15 is 0 Å². The van der Waals surface area contributed by atoms with E-state index in [9.17, 15) is 0 Å². The van der Waals surface area contributed by atoms with Gasteiger partial charge in [0, 0.05) is 31.3 Å². The van der Waals surface area contributed by atoms with Crippen LogP contribution >= 0.6 is 0 Å². The Hall–Kier alpha value is -2.50. The fourth-order valence-corrected chi connectivity index (χ4v) is 3.02. The van der Waals surface area contributed by atoms with Crippen LogP contribution in [0.5, 0.6) is 11.5 Å². The molecule has 24 heavy (non-hydrogen) atoms. The average molecular weight is 328 g/mol. The molecule has 2 heterocycles. The van der Waals surface area contributed by atoms with Crippen LogP contribution in [0.15, 0.2) is 30.6 Å². The summed E-state index contributed by atoms with van der Waals surface area (Å²) in [5.41, 5.74) is 1.02. The van der Waals surface area contributed by atoms with E-state index in [0.29, 0.717) is 6.54 Å². The van der Waals surface area contributed by atoms with Crippen molar-refractivity contribution < 1.29 is 9.47 Å². The lowest BCUT2D eigenvalue weighted by Crippen LogP contribution is -2.30. The number of hydrogen-bond acceptors (Lipinski definition) is 6. The molecular formula is C18H24N4O2. The third-order valence-corrected chi connectivity index (χ3v) is 4.28. The van der Waals surface area contributed by atoms with Gasteiger partial charge in [-0.05, 0) is 25.3 Å². The first-order chi connectivity index (χ1) is 11.8. The topological polar surface area (TPSA) is 59.5 Å². The molecule has 1 aromatic carbocycles. The Kier molecular flexibility index (Phi) is 5.36. The predicted molar refractivity (Wildman–Crippen MR) is 95.0 cm³/mol. The fourth-order valence-electron chi connectivity index (χ4n) is 3.02. The van der Waals surface area contributed by atoms with E-state index in [-0.39, 0.29) is 0 Å². The molecule has 0 aliphatic carbocycles. The molecule has 6 heteroatoms. The molecule has 0 amide bonds. The fraction of sp³-hybridized carbons (Fsp3) is 0.444. The van der Waals surface area contributed by atoms with Gasteiger partial charge >= 0.3 is 0 Å². The summed E-state index contributed by atoms with van der Waals surface area (Å²) in [7, 11) is 3.30. The van der Waals surface area contributed by atoms with Gasteiger partial charge in [0.2, 0.25) is 0 Å². The Morgan fingerprint density at radius 3 is 2.67 bits per heavy atom. The van der Waals surface area contributed by atoms with Crippen LogP contribution in [-0.4, -0.2) is 37.3 Å². The number of ether oxygens (including phenoxy) is 2. The summed E-state index contributed by atoms with van der Waals surface area (Å²) in [6.45, 7) is 2.75. The number of aromatic nitrogens is 2. The van der Waals surface area contributed by atoms with Crippen LogP contribution in [0.4, 0.5) is 11.6 Å². The average Bonchev–Trinajstić information content (AvgIpc) is 2.66. The lowest BCUT2D eigenvalue weighted by molar-refractivity contribution is 0.352. The van der Waals surface area contributed by atoms with Crippen LogP contribution in [0, 0.1) is 0 Å². The van der Waals surface area contributed by atoms with Crippen molar-refractivity contribution in [3.05, 3.63) is 36.2 Å². The smallest absolute Gasteiger partial charge is 0.165 e. The summed E-state index contributed by atoms with van der Waals surface area (Å²) in [5.74, 6) is 3.28. The van der Waals surface area contributed by atoms with Crippen LogP contribution < -0.4 is 19.7 Å². The van der Waals surface area contributed by atoms with Crippen molar-refractivity contribution in [1.29, 1.82) is 0 Å². The molecule has 1 saturated heterocycles. The second kappa shape index (κ2) is 7.86. The molecule has 2 aromatic rings. The summed E-state index contributed by atoms with van der Waals surface area (Å²) in [4.78, 5) is 11.1. The molecule has 0 radical (unpaired) electrons. The number of rotatable bonds is 6. The number of nitrogens with one attached hydrogen (secondary N) is 1. The summed E-state index contributed by atoms with van der Waals surface area (Å²) in [6, 6.07) is 7.87. The Labute approximate surface area is 142 Å². The van der Waals surface area contributed by atoms with Crippen molar-refractivity contribution in [1.82, 2.24) is 9.97 Å². The Morgan fingerprint density at radius 1 is 1.08 bits per heavy atom. The number of benzene rings is 1. The van der Waals surface area contributed by atoms with Gasteiger partial charge in [0.15, 0.2) is 11.5 Å². The van der Waals surface area contributed by atoms with Gasteiger partial charge in [-0.3, -0.25) is 0 Å². The number of methoxy groups -OCH3 is 2. The molecule has 1 aliphatic heterocycles. The maximum Gasteiger partial charge on any atom is 0.165 e. The number of hydrogen-bond donors (Lipinski definition) is 1. The van der Waals surface area contributed by atoms with Gasteiger partial charge in [0.25, 0.3) is 0 Å². The van der Waals surface area contributed by atoms with E-state index in [2.05, 4.69) is 20.2 Å². The van der Waals surface area contributed by atoms with Gasteiger partial charge in [-0.25, -0.2) is 9.97 Å². The van der Waals surface area contributed by atoms with E-state index in [1.54, 1.807) is 20.5 Å². The van der Waals surface area contributed by atoms with Crippen molar-refractivity contribution in [2.45, 2.75) is 25.8 Å². The number of anilines is 2. The summed E-state index contributed by atoms with van der Waals surface area (Å²) in [5, 5.41) is 3.35. The van der Waals surface area contributed by atoms with Crippen LogP contribution in [0.25, 0.3) is 0 Å². The number of nitrogens with zero attached hydrogens (tertiary/aromatic N) is 3. The molecule has 3 rings (SSSR count). The van der Waals surface area contributed by atoms with Crippen molar-refractivity contribution in [2.24, 2.45) is 0 Å². The predicted octanol–water partition coefficient (Wildman–Crippen LogP) is 3.10. The van der Waals surface area contributed by atoms with Gasteiger partial charge in [-0.1, -0.05) is 12.1 Å². The van der Waals surface area contributed by atoms with Gasteiger partial charge in [0.05, 0.1) is 14.2 Å². The Balaban J connectivity index is 1.71. The molecule has 0 spiro atoms. The van der Waals surface area contributed by atoms with Crippen LogP contribution in [-0.2, 0) is 6.54 Å². The zero-order valence-electron chi connectivity index (χ0n) is 14.3. The molecule has 6 nitrogen and oxygen atoms in total. The SMILES string of the molecule is COc1cccc(CNc2cc(N3CCCCC3)ncn2)c1OC. The first-order valence-electron chi connectivity index (χ1n) is 8.32. The highest BCUT2D eigenvalue weighted by atomic mass is 16.5. The summed E-state index contributed by atoms with van der Waals surface area (Å²) >= 11 is 0. The van der Waals surface area contributed by atoms with Gasteiger partial charge < -0.3 is 19.7 Å². The normalized spacial score (nSPS) is 14.3. The maximum atomic E-state index is 5.47. The van der Waals surface area contributed by atoms with Crippen molar-refractivity contribution in [2.75, 3.05) is 37.5 Å². The molecule has 0 saturated carbocycles. The minimum Gasteiger partial charge on any atom is -0.493 e. The molecule has 1 aromatic heterocycles. The molecule has 0 unspecified atom stereocenters. The highest BCUT2D eigenvalue weighted by molar-refractivity contribution is 5.51. The number of para-hydroxylation sites is 1. The quantitative estimate of drug-likeness (QED) is 0.879. The molecule has 0 atom stereocenters. The van der Waals surface area contributed by atoms with Crippen molar-refractivity contribution in [3.63, 3.8) is 0 Å². The van der Waals surface area contributed by atoms with Gasteiger partial charge in [0.1, 0.15) is 18.0 Å². The van der Waals surface area contributed by atoms with E-state index < -0.39 is 0 Å².